The van der Waals surface area contributed by atoms with Crippen LogP contribution >= 0.6 is 0 Å². The zero-order chi connectivity index (χ0) is 12.6. The molecular weight excluding hydrogens is 222 g/mol. The molecule has 0 saturated heterocycles. The third-order valence-corrected chi connectivity index (χ3v) is 1.22. The van der Waals surface area contributed by atoms with E-state index >= 15 is 0 Å². The lowest BCUT2D eigenvalue weighted by Crippen LogP contribution is -2.33. The van der Waals surface area contributed by atoms with Crippen molar-refractivity contribution in [2.45, 2.75) is 6.10 Å². The lowest BCUT2D eigenvalue weighted by atomic mass is 10.4. The molecule has 90 valence electrons. The molecule has 9 nitrogen and oxygen atoms in total. The third-order valence-electron chi connectivity index (χ3n) is 1.22. The van der Waals surface area contributed by atoms with E-state index in [0.29, 0.717) is 0 Å². The molecule has 0 saturated carbocycles. The van der Waals surface area contributed by atoms with Crippen LogP contribution in [0.15, 0.2) is 4.99 Å². The molecule has 0 aliphatic rings. The fraction of sp³-hybridized carbons (Fsp3) is 0.429. The first-order valence-electron chi connectivity index (χ1n) is 3.97. The summed E-state index contributed by atoms with van der Waals surface area (Å²) in [7, 11) is 0. The maximum Gasteiger partial charge on any atom is 0.433 e. The van der Waals surface area contributed by atoms with E-state index in [4.69, 9.17) is 5.73 Å². The number of nitrogens with zero attached hydrogens (tertiary/aromatic N) is 1. The van der Waals surface area contributed by atoms with Gasteiger partial charge in [0.15, 0.2) is 6.10 Å². The molecular formula is C7H11N3O6. The van der Waals surface area contributed by atoms with Gasteiger partial charge >= 0.3 is 18.3 Å². The summed E-state index contributed by atoms with van der Waals surface area (Å²) in [6.45, 7) is 2.14. The van der Waals surface area contributed by atoms with Crippen molar-refractivity contribution >= 4 is 25.0 Å². The zero-order valence-corrected chi connectivity index (χ0v) is 8.25. The zero-order valence-electron chi connectivity index (χ0n) is 8.25. The number of amides is 3. The first kappa shape index (κ1) is 13.7. The highest BCUT2D eigenvalue weighted by atomic mass is 16.6. The van der Waals surface area contributed by atoms with Crippen molar-refractivity contribution in [3.63, 3.8) is 0 Å². The standard InChI is InChI=1S/C7H11N3O6/c1-10-7(13)15-3-4(16-6(9)12)2-14-5(8)11/h4H,1-3H2,(H2,8,11)(H2,9,12). The van der Waals surface area contributed by atoms with Crippen molar-refractivity contribution in [1.82, 2.24) is 0 Å². The molecule has 9 heteroatoms. The second kappa shape index (κ2) is 7.04. The van der Waals surface area contributed by atoms with Crippen LogP contribution in [0.25, 0.3) is 0 Å². The van der Waals surface area contributed by atoms with Crippen LogP contribution in [-0.2, 0) is 14.2 Å². The topological polar surface area (TPSA) is 143 Å². The molecule has 0 aromatic heterocycles. The Bertz CT molecular complexity index is 292. The van der Waals surface area contributed by atoms with Gasteiger partial charge in [0.05, 0.1) is 0 Å². The minimum absolute atomic E-state index is 0.381. The van der Waals surface area contributed by atoms with E-state index < -0.39 is 24.4 Å². The molecule has 4 N–H and O–H groups in total. The highest BCUT2D eigenvalue weighted by Crippen LogP contribution is 1.97. The van der Waals surface area contributed by atoms with E-state index in [1.807, 2.05) is 0 Å². The molecule has 0 aliphatic heterocycles. The van der Waals surface area contributed by atoms with Gasteiger partial charge in [0.25, 0.3) is 0 Å². The quantitative estimate of drug-likeness (QED) is 0.478. The number of rotatable bonds is 5. The van der Waals surface area contributed by atoms with Crippen molar-refractivity contribution in [2.75, 3.05) is 13.2 Å². The minimum Gasteiger partial charge on any atom is -0.446 e. The fourth-order valence-corrected chi connectivity index (χ4v) is 0.665. The fourth-order valence-electron chi connectivity index (χ4n) is 0.665. The van der Waals surface area contributed by atoms with Crippen molar-refractivity contribution < 1.29 is 28.6 Å². The Labute approximate surface area is 90.3 Å². The number of hydrogen-bond acceptors (Lipinski definition) is 6. The molecule has 0 aromatic carbocycles. The van der Waals surface area contributed by atoms with E-state index in [9.17, 15) is 14.4 Å². The van der Waals surface area contributed by atoms with Gasteiger partial charge < -0.3 is 25.7 Å². The van der Waals surface area contributed by atoms with Crippen LogP contribution in [0.5, 0.6) is 0 Å². The smallest absolute Gasteiger partial charge is 0.433 e. The Balaban J connectivity index is 4.08. The minimum atomic E-state index is -1.11. The van der Waals surface area contributed by atoms with Crippen molar-refractivity contribution in [1.29, 1.82) is 0 Å². The van der Waals surface area contributed by atoms with Gasteiger partial charge in [0, 0.05) is 0 Å². The monoisotopic (exact) mass is 233 g/mol. The number of carbonyl (C=O) groups is 3. The highest BCUT2D eigenvalue weighted by Gasteiger charge is 2.16. The van der Waals surface area contributed by atoms with Gasteiger partial charge in [-0.3, -0.25) is 0 Å². The molecule has 0 radical (unpaired) electrons. The summed E-state index contributed by atoms with van der Waals surface area (Å²) in [6.07, 6.45) is -4.18. The summed E-state index contributed by atoms with van der Waals surface area (Å²) in [5.74, 6) is 0. The van der Waals surface area contributed by atoms with Crippen LogP contribution in [0.3, 0.4) is 0 Å². The number of aliphatic imine (C=N–C) groups is 1. The van der Waals surface area contributed by atoms with E-state index in [1.54, 1.807) is 0 Å². The number of primary amides is 2. The van der Waals surface area contributed by atoms with Crippen LogP contribution < -0.4 is 11.5 Å². The van der Waals surface area contributed by atoms with E-state index in [-0.39, 0.29) is 13.2 Å². The normalized spacial score (nSPS) is 11.0. The molecule has 0 rings (SSSR count). The maximum atomic E-state index is 10.6. The van der Waals surface area contributed by atoms with Gasteiger partial charge in [-0.15, -0.1) is 0 Å². The number of ether oxygens (including phenoxy) is 3. The predicted molar refractivity (Wildman–Crippen MR) is 50.9 cm³/mol. The van der Waals surface area contributed by atoms with Crippen molar-refractivity contribution in [3.05, 3.63) is 0 Å². The molecule has 16 heavy (non-hydrogen) atoms. The van der Waals surface area contributed by atoms with E-state index in [1.165, 1.54) is 0 Å². The summed E-state index contributed by atoms with van der Waals surface area (Å²) in [5, 5.41) is 0. The van der Waals surface area contributed by atoms with Crippen LogP contribution in [0.1, 0.15) is 0 Å². The van der Waals surface area contributed by atoms with Gasteiger partial charge in [-0.1, -0.05) is 0 Å². The Morgan fingerprint density at radius 1 is 1.12 bits per heavy atom. The Morgan fingerprint density at radius 3 is 2.12 bits per heavy atom. The Hall–Kier alpha value is -2.32. The van der Waals surface area contributed by atoms with Crippen LogP contribution in [-0.4, -0.2) is 44.3 Å². The molecule has 3 amide bonds. The molecule has 0 heterocycles. The number of hydrogen-bond donors (Lipinski definition) is 2. The van der Waals surface area contributed by atoms with Crippen LogP contribution in [0, 0.1) is 0 Å². The summed E-state index contributed by atoms with van der Waals surface area (Å²) in [6, 6.07) is 0. The Morgan fingerprint density at radius 2 is 1.69 bits per heavy atom. The molecule has 0 bridgehead atoms. The summed E-state index contributed by atoms with van der Waals surface area (Å²) >= 11 is 0. The first-order chi connectivity index (χ1) is 7.45. The molecule has 1 atom stereocenters. The van der Waals surface area contributed by atoms with Crippen molar-refractivity contribution in [3.8, 4) is 0 Å². The maximum absolute atomic E-state index is 10.6. The number of carbonyl (C=O) groups excluding carboxylic acids is 3. The molecule has 1 unspecified atom stereocenters. The summed E-state index contributed by atoms with van der Waals surface area (Å²) < 4.78 is 13.3. The summed E-state index contributed by atoms with van der Waals surface area (Å²) in [5.41, 5.74) is 9.41. The van der Waals surface area contributed by atoms with Gasteiger partial charge in [-0.25, -0.2) is 14.4 Å². The lowest BCUT2D eigenvalue weighted by Gasteiger charge is -2.15. The molecule has 0 spiro atoms. The molecule has 0 fully saturated rings. The average molecular weight is 233 g/mol. The first-order valence-corrected chi connectivity index (χ1v) is 3.97. The lowest BCUT2D eigenvalue weighted by molar-refractivity contribution is 0.0142. The molecule has 0 aliphatic carbocycles. The van der Waals surface area contributed by atoms with Gasteiger partial charge in [-0.2, -0.15) is 4.99 Å². The largest absolute Gasteiger partial charge is 0.446 e. The van der Waals surface area contributed by atoms with Gasteiger partial charge in [-0.05, 0) is 6.72 Å². The van der Waals surface area contributed by atoms with Crippen LogP contribution in [0.2, 0.25) is 0 Å². The van der Waals surface area contributed by atoms with Crippen molar-refractivity contribution in [2.24, 2.45) is 16.5 Å². The SMILES string of the molecule is C=NC(=O)OCC(COC(N)=O)OC(N)=O. The van der Waals surface area contributed by atoms with E-state index in [0.717, 1.165) is 0 Å². The highest BCUT2D eigenvalue weighted by molar-refractivity contribution is 5.72. The average Bonchev–Trinajstić information content (AvgIpc) is 2.20. The van der Waals surface area contributed by atoms with E-state index in [2.05, 4.69) is 31.7 Å². The van der Waals surface area contributed by atoms with Gasteiger partial charge in [0.1, 0.15) is 13.2 Å². The number of nitrogens with two attached hydrogens (primary N) is 2. The predicted octanol–water partition coefficient (Wildman–Crippen LogP) is -0.617. The second-order valence-electron chi connectivity index (χ2n) is 2.42. The van der Waals surface area contributed by atoms with Gasteiger partial charge in [0.2, 0.25) is 0 Å². The molecule has 0 aromatic rings. The Kier molecular flexibility index (Phi) is 6.02. The third kappa shape index (κ3) is 7.12. The second-order valence-corrected chi connectivity index (χ2v) is 2.42. The summed E-state index contributed by atoms with van der Waals surface area (Å²) in [4.78, 5) is 34.2. The van der Waals surface area contributed by atoms with Crippen LogP contribution in [0.4, 0.5) is 14.4 Å².